The van der Waals surface area contributed by atoms with E-state index in [4.69, 9.17) is 4.74 Å². The smallest absolute Gasteiger partial charge is 0.272 e. The average Bonchev–Trinajstić information content (AvgIpc) is 3.12. The van der Waals surface area contributed by atoms with Crippen LogP contribution in [0.2, 0.25) is 0 Å². The SMILES string of the molecule is O=C(Nc1cn[nH]c1OCC(F)F)c1ccc2c(Br)cnn2c1. The highest BCUT2D eigenvalue weighted by Crippen LogP contribution is 2.22. The van der Waals surface area contributed by atoms with E-state index in [1.165, 1.54) is 6.20 Å². The van der Waals surface area contributed by atoms with Crippen molar-refractivity contribution in [2.45, 2.75) is 6.43 Å². The molecule has 7 nitrogen and oxygen atoms in total. The number of rotatable bonds is 5. The fraction of sp³-hybridized carbons (Fsp3) is 0.154. The Hall–Kier alpha value is -2.49. The highest BCUT2D eigenvalue weighted by atomic mass is 79.9. The largest absolute Gasteiger partial charge is 0.470 e. The molecular formula is C13H10BrF2N5O2. The number of fused-ring (bicyclic) bond motifs is 1. The van der Waals surface area contributed by atoms with Gasteiger partial charge in [-0.05, 0) is 28.1 Å². The summed E-state index contributed by atoms with van der Waals surface area (Å²) in [5.74, 6) is -0.469. The van der Waals surface area contributed by atoms with Crippen molar-refractivity contribution in [2.75, 3.05) is 11.9 Å². The zero-order chi connectivity index (χ0) is 16.4. The predicted octanol–water partition coefficient (Wildman–Crippen LogP) is 2.72. The summed E-state index contributed by atoms with van der Waals surface area (Å²) in [6.45, 7) is -0.793. The molecule has 0 fully saturated rings. The van der Waals surface area contributed by atoms with E-state index in [9.17, 15) is 13.6 Å². The molecule has 0 unspecified atom stereocenters. The van der Waals surface area contributed by atoms with Gasteiger partial charge in [-0.3, -0.25) is 4.79 Å². The van der Waals surface area contributed by atoms with Crippen LogP contribution in [0.25, 0.3) is 5.52 Å². The summed E-state index contributed by atoms with van der Waals surface area (Å²) < 4.78 is 31.5. The molecule has 3 heterocycles. The summed E-state index contributed by atoms with van der Waals surface area (Å²) in [4.78, 5) is 12.2. The van der Waals surface area contributed by atoms with Crippen LogP contribution in [0.1, 0.15) is 10.4 Å². The predicted molar refractivity (Wildman–Crippen MR) is 80.9 cm³/mol. The molecule has 3 aromatic heterocycles. The molecule has 0 spiro atoms. The third-order valence-electron chi connectivity index (χ3n) is 2.94. The van der Waals surface area contributed by atoms with E-state index in [-0.39, 0.29) is 11.6 Å². The summed E-state index contributed by atoms with van der Waals surface area (Å²) in [5.41, 5.74) is 1.33. The van der Waals surface area contributed by atoms with Crippen molar-refractivity contribution in [1.82, 2.24) is 19.8 Å². The number of hydrogen-bond donors (Lipinski definition) is 2. The molecule has 0 aromatic carbocycles. The highest BCUT2D eigenvalue weighted by Gasteiger charge is 2.14. The molecule has 1 amide bonds. The molecule has 23 heavy (non-hydrogen) atoms. The molecule has 0 bridgehead atoms. The van der Waals surface area contributed by atoms with Gasteiger partial charge in [0.2, 0.25) is 5.88 Å². The van der Waals surface area contributed by atoms with Gasteiger partial charge >= 0.3 is 0 Å². The van der Waals surface area contributed by atoms with Gasteiger partial charge in [0.25, 0.3) is 12.3 Å². The van der Waals surface area contributed by atoms with Crippen LogP contribution in [0.3, 0.4) is 0 Å². The molecule has 0 saturated heterocycles. The van der Waals surface area contributed by atoms with Gasteiger partial charge in [0.1, 0.15) is 5.69 Å². The normalized spacial score (nSPS) is 11.1. The summed E-state index contributed by atoms with van der Waals surface area (Å²) in [5, 5.41) is 12.7. The monoisotopic (exact) mass is 385 g/mol. The molecule has 0 saturated carbocycles. The molecule has 0 aliphatic rings. The Morgan fingerprint density at radius 2 is 2.26 bits per heavy atom. The second-order valence-electron chi connectivity index (χ2n) is 4.51. The minimum atomic E-state index is -2.62. The van der Waals surface area contributed by atoms with Crippen molar-refractivity contribution in [3.63, 3.8) is 0 Å². The molecule has 10 heteroatoms. The molecule has 0 atom stereocenters. The van der Waals surface area contributed by atoms with Crippen molar-refractivity contribution >= 4 is 33.0 Å². The lowest BCUT2D eigenvalue weighted by atomic mass is 10.2. The van der Waals surface area contributed by atoms with Gasteiger partial charge in [-0.15, -0.1) is 0 Å². The van der Waals surface area contributed by atoms with E-state index in [0.717, 1.165) is 9.99 Å². The fourth-order valence-corrected chi connectivity index (χ4v) is 2.31. The highest BCUT2D eigenvalue weighted by molar-refractivity contribution is 9.10. The zero-order valence-corrected chi connectivity index (χ0v) is 13.0. The van der Waals surface area contributed by atoms with E-state index < -0.39 is 18.9 Å². The van der Waals surface area contributed by atoms with E-state index in [1.807, 2.05) is 0 Å². The summed E-state index contributed by atoms with van der Waals surface area (Å²) in [7, 11) is 0. The number of aromatic nitrogens is 4. The Kier molecular flexibility index (Phi) is 4.24. The minimum Gasteiger partial charge on any atom is -0.470 e. The first-order valence-electron chi connectivity index (χ1n) is 6.43. The number of amides is 1. The average molecular weight is 386 g/mol. The van der Waals surface area contributed by atoms with Crippen molar-refractivity contribution in [3.05, 3.63) is 40.8 Å². The van der Waals surface area contributed by atoms with Crippen molar-refractivity contribution in [1.29, 1.82) is 0 Å². The first-order chi connectivity index (χ1) is 11.0. The van der Waals surface area contributed by atoms with Gasteiger partial charge in [0.05, 0.1) is 27.9 Å². The minimum absolute atomic E-state index is 0.0263. The Bertz CT molecular complexity index is 848. The van der Waals surface area contributed by atoms with Crippen LogP contribution < -0.4 is 10.1 Å². The lowest BCUT2D eigenvalue weighted by Crippen LogP contribution is -2.14. The molecule has 0 aliphatic carbocycles. The molecule has 3 rings (SSSR count). The van der Waals surface area contributed by atoms with Gasteiger partial charge in [0.15, 0.2) is 6.61 Å². The number of H-pyrrole nitrogens is 1. The number of carbonyl (C=O) groups is 1. The standard InChI is InChI=1S/C13H10BrF2N5O2/c14-8-3-18-21-5-7(1-2-10(8)21)12(22)19-9-4-17-20-13(9)23-6-11(15)16/h1-5,11H,6H2,(H,17,20)(H,19,22). The summed E-state index contributed by atoms with van der Waals surface area (Å²) in [6.07, 6.45) is 1.82. The van der Waals surface area contributed by atoms with Crippen LogP contribution in [0.5, 0.6) is 5.88 Å². The third-order valence-corrected chi connectivity index (χ3v) is 3.55. The lowest BCUT2D eigenvalue weighted by Gasteiger charge is -2.07. The topological polar surface area (TPSA) is 84.3 Å². The van der Waals surface area contributed by atoms with Gasteiger partial charge in [-0.25, -0.2) is 18.4 Å². The van der Waals surface area contributed by atoms with E-state index in [0.29, 0.717) is 5.56 Å². The first kappa shape index (κ1) is 15.4. The Morgan fingerprint density at radius 1 is 1.43 bits per heavy atom. The van der Waals surface area contributed by atoms with Gasteiger partial charge in [-0.1, -0.05) is 0 Å². The summed E-state index contributed by atoms with van der Waals surface area (Å²) in [6, 6.07) is 3.35. The molecule has 0 aliphatic heterocycles. The van der Waals surface area contributed by atoms with Crippen LogP contribution in [0.15, 0.2) is 35.2 Å². The molecule has 120 valence electrons. The zero-order valence-electron chi connectivity index (χ0n) is 11.5. The Balaban J connectivity index is 1.77. The number of anilines is 1. The number of pyridine rings is 1. The lowest BCUT2D eigenvalue weighted by molar-refractivity contribution is 0.0798. The number of alkyl halides is 2. The van der Waals surface area contributed by atoms with E-state index in [1.54, 1.807) is 29.0 Å². The van der Waals surface area contributed by atoms with Crippen molar-refractivity contribution in [2.24, 2.45) is 0 Å². The van der Waals surface area contributed by atoms with Gasteiger partial charge in [0, 0.05) is 6.20 Å². The number of ether oxygens (including phenoxy) is 1. The number of carbonyl (C=O) groups excluding carboxylic acids is 1. The molecule has 2 N–H and O–H groups in total. The molecular weight excluding hydrogens is 376 g/mol. The quantitative estimate of drug-likeness (QED) is 0.707. The van der Waals surface area contributed by atoms with Crippen LogP contribution >= 0.6 is 15.9 Å². The Morgan fingerprint density at radius 3 is 3.04 bits per heavy atom. The van der Waals surface area contributed by atoms with Gasteiger partial charge < -0.3 is 10.1 Å². The van der Waals surface area contributed by atoms with Crippen LogP contribution in [0.4, 0.5) is 14.5 Å². The Labute approximate surface area is 136 Å². The number of nitrogens with one attached hydrogen (secondary N) is 2. The molecule has 3 aromatic rings. The fourth-order valence-electron chi connectivity index (χ4n) is 1.90. The van der Waals surface area contributed by atoms with Crippen LogP contribution in [-0.2, 0) is 0 Å². The number of aromatic amines is 1. The van der Waals surface area contributed by atoms with Crippen molar-refractivity contribution < 1.29 is 18.3 Å². The summed E-state index contributed by atoms with van der Waals surface area (Å²) >= 11 is 3.34. The maximum Gasteiger partial charge on any atom is 0.272 e. The van der Waals surface area contributed by atoms with Gasteiger partial charge in [-0.2, -0.15) is 10.2 Å². The second kappa shape index (κ2) is 6.32. The maximum atomic E-state index is 12.2. The second-order valence-corrected chi connectivity index (χ2v) is 5.36. The third kappa shape index (κ3) is 3.31. The number of nitrogens with zero attached hydrogens (tertiary/aromatic N) is 3. The number of halogens is 3. The maximum absolute atomic E-state index is 12.2. The van der Waals surface area contributed by atoms with E-state index in [2.05, 4.69) is 36.5 Å². The first-order valence-corrected chi connectivity index (χ1v) is 7.22. The van der Waals surface area contributed by atoms with Crippen LogP contribution in [0, 0.1) is 0 Å². The van der Waals surface area contributed by atoms with E-state index >= 15 is 0 Å². The molecule has 0 radical (unpaired) electrons. The van der Waals surface area contributed by atoms with Crippen LogP contribution in [-0.4, -0.2) is 38.8 Å². The number of hydrogen-bond acceptors (Lipinski definition) is 4. The van der Waals surface area contributed by atoms with Crippen molar-refractivity contribution in [3.8, 4) is 5.88 Å².